The molecule has 2 amide bonds. The Labute approximate surface area is 123 Å². The normalized spacial score (nSPS) is 22.7. The van der Waals surface area contributed by atoms with Gasteiger partial charge in [0.15, 0.2) is 0 Å². The zero-order valence-corrected chi connectivity index (χ0v) is 12.2. The third-order valence-electron chi connectivity index (χ3n) is 4.19. The molecule has 0 saturated carbocycles. The summed E-state index contributed by atoms with van der Waals surface area (Å²) in [4.78, 5) is 33.6. The minimum atomic E-state index is -0.474. The Bertz CT molecular complexity index is 535. The van der Waals surface area contributed by atoms with Crippen LogP contribution >= 0.6 is 0 Å². The van der Waals surface area contributed by atoms with Crippen LogP contribution in [0.25, 0.3) is 0 Å². The second-order valence-electron chi connectivity index (χ2n) is 5.73. The third kappa shape index (κ3) is 2.92. The first-order valence-electron chi connectivity index (χ1n) is 7.49. The zero-order valence-electron chi connectivity index (χ0n) is 12.2. The molecule has 1 aromatic heterocycles. The molecule has 114 valence electrons. The van der Waals surface area contributed by atoms with Crippen molar-refractivity contribution in [1.82, 2.24) is 25.5 Å². The highest BCUT2D eigenvalue weighted by Gasteiger charge is 2.29. The van der Waals surface area contributed by atoms with Crippen molar-refractivity contribution in [1.29, 1.82) is 0 Å². The minimum absolute atomic E-state index is 0.0112. The summed E-state index contributed by atoms with van der Waals surface area (Å²) in [7, 11) is 0. The average Bonchev–Trinajstić information content (AvgIpc) is 3.16. The number of aromatic nitrogens is 2. The highest BCUT2D eigenvalue weighted by molar-refractivity contribution is 5.89. The second-order valence-corrected chi connectivity index (χ2v) is 5.73. The van der Waals surface area contributed by atoms with Crippen molar-refractivity contribution in [2.45, 2.75) is 44.8 Å². The van der Waals surface area contributed by atoms with Gasteiger partial charge in [-0.3, -0.25) is 14.9 Å². The van der Waals surface area contributed by atoms with Gasteiger partial charge in [-0.15, -0.1) is 0 Å². The molecular weight excluding hydrogens is 270 g/mol. The number of H-pyrrole nitrogens is 1. The Morgan fingerprint density at radius 3 is 2.95 bits per heavy atom. The number of imidazole rings is 1. The van der Waals surface area contributed by atoms with E-state index in [0.717, 1.165) is 37.3 Å². The fourth-order valence-electron chi connectivity index (χ4n) is 2.94. The Hall–Kier alpha value is -1.89. The van der Waals surface area contributed by atoms with Gasteiger partial charge in [0.2, 0.25) is 11.8 Å². The van der Waals surface area contributed by atoms with Crippen LogP contribution in [-0.4, -0.2) is 51.9 Å². The lowest BCUT2D eigenvalue weighted by atomic mass is 10.0. The molecule has 1 saturated heterocycles. The maximum atomic E-state index is 12.3. The van der Waals surface area contributed by atoms with Gasteiger partial charge in [-0.05, 0) is 19.8 Å². The van der Waals surface area contributed by atoms with Crippen LogP contribution in [0, 0.1) is 0 Å². The molecule has 3 heterocycles. The lowest BCUT2D eigenvalue weighted by Crippen LogP contribution is -2.53. The minimum Gasteiger partial charge on any atom is -0.347 e. The number of rotatable bonds is 3. The summed E-state index contributed by atoms with van der Waals surface area (Å²) < 4.78 is 0. The van der Waals surface area contributed by atoms with E-state index in [0.29, 0.717) is 13.0 Å². The van der Waals surface area contributed by atoms with Crippen molar-refractivity contribution in [3.8, 4) is 0 Å². The van der Waals surface area contributed by atoms with Gasteiger partial charge in [-0.2, -0.15) is 0 Å². The number of amides is 2. The first-order chi connectivity index (χ1) is 10.1. The smallest absolute Gasteiger partial charge is 0.244 e. The van der Waals surface area contributed by atoms with Crippen LogP contribution < -0.4 is 10.6 Å². The number of hydrogen-bond acceptors (Lipinski definition) is 4. The van der Waals surface area contributed by atoms with E-state index in [1.165, 1.54) is 0 Å². The second kappa shape index (κ2) is 5.85. The van der Waals surface area contributed by atoms with Gasteiger partial charge in [0.1, 0.15) is 6.04 Å². The molecule has 1 aromatic rings. The third-order valence-corrected chi connectivity index (χ3v) is 4.19. The van der Waals surface area contributed by atoms with E-state index in [4.69, 9.17) is 0 Å². The molecule has 0 spiro atoms. The summed E-state index contributed by atoms with van der Waals surface area (Å²) in [6, 6.07) is -0.799. The maximum Gasteiger partial charge on any atom is 0.244 e. The molecule has 2 unspecified atom stereocenters. The number of nitrogens with one attached hydrogen (secondary N) is 3. The van der Waals surface area contributed by atoms with E-state index in [-0.39, 0.29) is 17.9 Å². The molecule has 1 fully saturated rings. The molecule has 7 nitrogen and oxygen atoms in total. The van der Waals surface area contributed by atoms with E-state index in [9.17, 15) is 9.59 Å². The van der Waals surface area contributed by atoms with E-state index in [1.54, 1.807) is 13.3 Å². The van der Waals surface area contributed by atoms with Crippen molar-refractivity contribution in [3.63, 3.8) is 0 Å². The largest absolute Gasteiger partial charge is 0.347 e. The van der Waals surface area contributed by atoms with Crippen molar-refractivity contribution in [2.24, 2.45) is 0 Å². The SMILES string of the molecule is CC(NC(=O)C1Cc2nc[nH]c2CN1)C(=O)N1CCCC1. The number of likely N-dealkylation sites (tertiary alicyclic amines) is 1. The quantitative estimate of drug-likeness (QED) is 0.703. The van der Waals surface area contributed by atoms with Crippen LogP contribution in [-0.2, 0) is 22.6 Å². The van der Waals surface area contributed by atoms with Crippen LogP contribution in [0.1, 0.15) is 31.2 Å². The van der Waals surface area contributed by atoms with Gasteiger partial charge in [-0.1, -0.05) is 0 Å². The molecule has 2 aliphatic heterocycles. The molecule has 0 aliphatic carbocycles. The number of carbonyl (C=O) groups is 2. The van der Waals surface area contributed by atoms with E-state index < -0.39 is 6.04 Å². The molecule has 0 aromatic carbocycles. The lowest BCUT2D eigenvalue weighted by Gasteiger charge is -2.25. The Morgan fingerprint density at radius 1 is 1.43 bits per heavy atom. The van der Waals surface area contributed by atoms with Crippen molar-refractivity contribution >= 4 is 11.8 Å². The maximum absolute atomic E-state index is 12.3. The van der Waals surface area contributed by atoms with Crippen molar-refractivity contribution in [3.05, 3.63) is 17.7 Å². The van der Waals surface area contributed by atoms with Crippen molar-refractivity contribution in [2.75, 3.05) is 13.1 Å². The summed E-state index contributed by atoms with van der Waals surface area (Å²) >= 11 is 0. The van der Waals surface area contributed by atoms with Gasteiger partial charge in [0.25, 0.3) is 0 Å². The molecular formula is C14H21N5O2. The monoisotopic (exact) mass is 291 g/mol. The van der Waals surface area contributed by atoms with Crippen LogP contribution in [0.15, 0.2) is 6.33 Å². The summed E-state index contributed by atoms with van der Waals surface area (Å²) in [5, 5.41) is 5.99. The number of aromatic amines is 1. The first-order valence-corrected chi connectivity index (χ1v) is 7.49. The Kier molecular flexibility index (Phi) is 3.92. The van der Waals surface area contributed by atoms with Crippen LogP contribution in [0.4, 0.5) is 0 Å². The summed E-state index contributed by atoms with van der Waals surface area (Å²) in [6.07, 6.45) is 4.30. The predicted octanol–water partition coefficient (Wildman–Crippen LogP) is -0.449. The van der Waals surface area contributed by atoms with E-state index in [1.807, 2.05) is 4.90 Å². The lowest BCUT2D eigenvalue weighted by molar-refractivity contribution is -0.135. The van der Waals surface area contributed by atoms with Gasteiger partial charge in [-0.25, -0.2) is 4.98 Å². The first kappa shape index (κ1) is 14.1. The van der Waals surface area contributed by atoms with Crippen LogP contribution in [0.5, 0.6) is 0 Å². The predicted molar refractivity (Wildman–Crippen MR) is 76.3 cm³/mol. The van der Waals surface area contributed by atoms with Crippen LogP contribution in [0.2, 0.25) is 0 Å². The molecule has 2 aliphatic rings. The zero-order chi connectivity index (χ0) is 14.8. The van der Waals surface area contributed by atoms with Gasteiger partial charge >= 0.3 is 0 Å². The standard InChI is InChI=1S/C14H21N5O2/c1-9(14(21)19-4-2-3-5-19)18-13(20)11-6-10-12(7-15-11)17-8-16-10/h8-9,11,15H,2-7H2,1H3,(H,16,17)(H,18,20). The molecule has 3 rings (SSSR count). The molecule has 3 N–H and O–H groups in total. The van der Waals surface area contributed by atoms with Gasteiger partial charge in [0.05, 0.1) is 23.8 Å². The van der Waals surface area contributed by atoms with Gasteiger partial charge < -0.3 is 15.2 Å². The number of carbonyl (C=O) groups excluding carboxylic acids is 2. The summed E-state index contributed by atoms with van der Waals surface area (Å²) in [5.41, 5.74) is 1.95. The number of nitrogens with zero attached hydrogens (tertiary/aromatic N) is 2. The number of fused-ring (bicyclic) bond motifs is 1. The average molecular weight is 291 g/mol. The fourth-order valence-corrected chi connectivity index (χ4v) is 2.94. The van der Waals surface area contributed by atoms with Crippen molar-refractivity contribution < 1.29 is 9.59 Å². The molecule has 2 atom stereocenters. The fraction of sp³-hybridized carbons (Fsp3) is 0.643. The van der Waals surface area contributed by atoms with Crippen LogP contribution in [0.3, 0.4) is 0 Å². The Balaban J connectivity index is 1.55. The molecule has 21 heavy (non-hydrogen) atoms. The topological polar surface area (TPSA) is 90.1 Å². The highest BCUT2D eigenvalue weighted by atomic mass is 16.2. The van der Waals surface area contributed by atoms with Gasteiger partial charge in [0, 0.05) is 26.1 Å². The Morgan fingerprint density at radius 2 is 2.19 bits per heavy atom. The molecule has 0 bridgehead atoms. The summed E-state index contributed by atoms with van der Waals surface area (Å²) in [6.45, 7) is 3.96. The van der Waals surface area contributed by atoms with E-state index >= 15 is 0 Å². The number of hydrogen-bond donors (Lipinski definition) is 3. The highest BCUT2D eigenvalue weighted by Crippen LogP contribution is 2.13. The molecule has 7 heteroatoms. The van der Waals surface area contributed by atoms with E-state index in [2.05, 4.69) is 20.6 Å². The summed E-state index contributed by atoms with van der Waals surface area (Å²) in [5.74, 6) is -0.124. The molecule has 0 radical (unpaired) electrons.